The Kier molecular flexibility index (Phi) is 4.52. The zero-order valence-corrected chi connectivity index (χ0v) is 13.0. The third-order valence-electron chi connectivity index (χ3n) is 2.74. The molecule has 0 saturated carbocycles. The zero-order valence-electron chi connectivity index (χ0n) is 10.6. The quantitative estimate of drug-likeness (QED) is 0.912. The molecule has 0 atom stereocenters. The average molecular weight is 329 g/mol. The molecule has 0 aliphatic rings. The van der Waals surface area contributed by atoms with E-state index in [0.29, 0.717) is 26.3 Å². The summed E-state index contributed by atoms with van der Waals surface area (Å²) in [5.41, 5.74) is 1.37. The zero-order chi connectivity index (χ0) is 14.9. The minimum atomic E-state index is -1.02. The number of carboxylic acids is 1. The van der Waals surface area contributed by atoms with Gasteiger partial charge in [0, 0.05) is 4.90 Å². The van der Waals surface area contributed by atoms with E-state index in [0.717, 1.165) is 4.90 Å². The smallest absolute Gasteiger partial charge is 0.338 e. The van der Waals surface area contributed by atoms with Crippen molar-refractivity contribution in [3.63, 3.8) is 0 Å². The molecule has 1 N–H and O–H groups in total. The summed E-state index contributed by atoms with van der Waals surface area (Å²) in [6, 6.07) is 5.07. The van der Waals surface area contributed by atoms with E-state index < -0.39 is 5.97 Å². The number of carboxylic acid groups (broad SMARTS) is 1. The van der Waals surface area contributed by atoms with Gasteiger partial charge in [-0.3, -0.25) is 0 Å². The molecule has 0 aliphatic heterocycles. The summed E-state index contributed by atoms with van der Waals surface area (Å²) in [4.78, 5) is 12.1. The lowest BCUT2D eigenvalue weighted by atomic mass is 10.1. The van der Waals surface area contributed by atoms with Gasteiger partial charge in [0.15, 0.2) is 0 Å². The normalized spacial score (nSPS) is 10.6. The van der Waals surface area contributed by atoms with E-state index in [-0.39, 0.29) is 5.56 Å². The molecule has 0 aliphatic carbocycles. The van der Waals surface area contributed by atoms with Crippen molar-refractivity contribution in [2.24, 2.45) is 0 Å². The van der Waals surface area contributed by atoms with E-state index in [9.17, 15) is 9.90 Å². The molecule has 4 nitrogen and oxygen atoms in total. The fraction of sp³-hybridized carbons (Fsp3) is 0.154. The number of benzene rings is 1. The highest BCUT2D eigenvalue weighted by molar-refractivity contribution is 7.99. The van der Waals surface area contributed by atoms with Gasteiger partial charge >= 0.3 is 5.97 Å². The Morgan fingerprint density at radius 2 is 1.90 bits per heavy atom. The van der Waals surface area contributed by atoms with Crippen LogP contribution < -0.4 is 0 Å². The van der Waals surface area contributed by atoms with Crippen molar-refractivity contribution in [2.75, 3.05) is 0 Å². The lowest BCUT2D eigenvalue weighted by Crippen LogP contribution is -2.07. The molecular formula is C13H10Cl2N2O2S. The summed E-state index contributed by atoms with van der Waals surface area (Å²) in [6.07, 6.45) is 0. The topological polar surface area (TPSA) is 63.1 Å². The van der Waals surface area contributed by atoms with E-state index in [1.54, 1.807) is 32.0 Å². The van der Waals surface area contributed by atoms with Crippen LogP contribution in [0, 0.1) is 13.8 Å². The van der Waals surface area contributed by atoms with Gasteiger partial charge in [-0.05, 0) is 37.6 Å². The van der Waals surface area contributed by atoms with E-state index in [1.165, 1.54) is 11.8 Å². The summed E-state index contributed by atoms with van der Waals surface area (Å²) >= 11 is 13.0. The number of carbonyl (C=O) groups is 1. The summed E-state index contributed by atoms with van der Waals surface area (Å²) in [6.45, 7) is 3.44. The second-order valence-electron chi connectivity index (χ2n) is 4.07. The second kappa shape index (κ2) is 5.99. The molecule has 0 saturated heterocycles. The predicted molar refractivity (Wildman–Crippen MR) is 79.1 cm³/mol. The van der Waals surface area contributed by atoms with Crippen LogP contribution in [0.15, 0.2) is 28.1 Å². The number of rotatable bonds is 3. The number of aromatic nitrogens is 2. The van der Waals surface area contributed by atoms with Crippen molar-refractivity contribution < 1.29 is 9.90 Å². The van der Waals surface area contributed by atoms with Crippen LogP contribution in [-0.4, -0.2) is 21.3 Å². The van der Waals surface area contributed by atoms with Gasteiger partial charge < -0.3 is 5.11 Å². The summed E-state index contributed by atoms with van der Waals surface area (Å²) in [7, 11) is 0. The minimum Gasteiger partial charge on any atom is -0.478 e. The first-order valence-electron chi connectivity index (χ1n) is 5.60. The first-order chi connectivity index (χ1) is 9.40. The third kappa shape index (κ3) is 3.06. The third-order valence-corrected chi connectivity index (χ3v) is 4.45. The number of aromatic carboxylic acids is 1. The number of nitrogens with zero attached hydrogens (tertiary/aromatic N) is 2. The lowest BCUT2D eigenvalue weighted by Gasteiger charge is -2.09. The fourth-order valence-corrected chi connectivity index (χ4v) is 2.89. The van der Waals surface area contributed by atoms with Gasteiger partial charge in [0.05, 0.1) is 21.3 Å². The highest BCUT2D eigenvalue weighted by Crippen LogP contribution is 2.34. The highest BCUT2D eigenvalue weighted by Gasteiger charge is 2.18. The maximum absolute atomic E-state index is 11.4. The van der Waals surface area contributed by atoms with Gasteiger partial charge in [-0.2, -0.15) is 5.10 Å². The number of halogens is 2. The molecule has 104 valence electrons. The largest absolute Gasteiger partial charge is 0.478 e. The van der Waals surface area contributed by atoms with Crippen molar-refractivity contribution in [2.45, 2.75) is 23.8 Å². The summed E-state index contributed by atoms with van der Waals surface area (Å²) in [5, 5.41) is 18.4. The Morgan fingerprint density at radius 1 is 1.20 bits per heavy atom. The molecule has 0 unspecified atom stereocenters. The lowest BCUT2D eigenvalue weighted by molar-refractivity contribution is 0.0690. The van der Waals surface area contributed by atoms with Gasteiger partial charge in [0.1, 0.15) is 5.03 Å². The SMILES string of the molecule is Cc1nnc(Sc2ccc(Cl)c(Cl)c2)c(C(=O)O)c1C. The van der Waals surface area contributed by atoms with Gasteiger partial charge in [-0.25, -0.2) is 4.79 Å². The molecular weight excluding hydrogens is 319 g/mol. The maximum Gasteiger partial charge on any atom is 0.338 e. The molecule has 0 radical (unpaired) electrons. The van der Waals surface area contributed by atoms with Crippen LogP contribution in [0.25, 0.3) is 0 Å². The number of hydrogen-bond donors (Lipinski definition) is 1. The molecule has 7 heteroatoms. The summed E-state index contributed by atoms with van der Waals surface area (Å²) < 4.78 is 0. The van der Waals surface area contributed by atoms with Gasteiger partial charge in [-0.15, -0.1) is 5.10 Å². The predicted octanol–water partition coefficient (Wildman–Crippen LogP) is 4.25. The Bertz CT molecular complexity index is 692. The number of hydrogen-bond acceptors (Lipinski definition) is 4. The van der Waals surface area contributed by atoms with E-state index in [4.69, 9.17) is 23.2 Å². The van der Waals surface area contributed by atoms with Gasteiger partial charge in [0.2, 0.25) is 0 Å². The Morgan fingerprint density at radius 3 is 2.50 bits per heavy atom. The monoisotopic (exact) mass is 328 g/mol. The van der Waals surface area contributed by atoms with E-state index in [2.05, 4.69) is 10.2 Å². The van der Waals surface area contributed by atoms with Crippen LogP contribution in [0.5, 0.6) is 0 Å². The van der Waals surface area contributed by atoms with Crippen LogP contribution in [0.1, 0.15) is 21.6 Å². The molecule has 0 spiro atoms. The van der Waals surface area contributed by atoms with Gasteiger partial charge in [-0.1, -0.05) is 35.0 Å². The highest BCUT2D eigenvalue weighted by atomic mass is 35.5. The molecule has 1 aromatic carbocycles. The Labute approximate surface area is 130 Å². The molecule has 0 bridgehead atoms. The van der Waals surface area contributed by atoms with Crippen LogP contribution in [0.3, 0.4) is 0 Å². The average Bonchev–Trinajstić information content (AvgIpc) is 2.38. The van der Waals surface area contributed by atoms with Crippen LogP contribution >= 0.6 is 35.0 Å². The molecule has 1 aromatic heterocycles. The molecule has 2 rings (SSSR count). The molecule has 0 amide bonds. The second-order valence-corrected chi connectivity index (χ2v) is 5.95. The van der Waals surface area contributed by atoms with E-state index >= 15 is 0 Å². The van der Waals surface area contributed by atoms with Crippen LogP contribution in [-0.2, 0) is 0 Å². The number of aryl methyl sites for hydroxylation is 1. The van der Waals surface area contributed by atoms with Crippen LogP contribution in [0.4, 0.5) is 0 Å². The van der Waals surface area contributed by atoms with Crippen molar-refractivity contribution >= 4 is 40.9 Å². The first kappa shape index (κ1) is 15.1. The Hall–Kier alpha value is -1.30. The molecule has 0 fully saturated rings. The van der Waals surface area contributed by atoms with E-state index in [1.807, 2.05) is 0 Å². The Balaban J connectivity index is 2.45. The van der Waals surface area contributed by atoms with Crippen molar-refractivity contribution in [1.29, 1.82) is 0 Å². The van der Waals surface area contributed by atoms with Crippen molar-refractivity contribution in [3.8, 4) is 0 Å². The fourth-order valence-electron chi connectivity index (χ4n) is 1.56. The maximum atomic E-state index is 11.4. The molecule has 2 aromatic rings. The standard InChI is InChI=1S/C13H10Cl2N2O2S/c1-6-7(2)16-17-12(11(6)13(18)19)20-8-3-4-9(14)10(15)5-8/h3-5H,1-2H3,(H,18,19). The van der Waals surface area contributed by atoms with Crippen molar-refractivity contribution in [3.05, 3.63) is 45.1 Å². The molecule has 20 heavy (non-hydrogen) atoms. The van der Waals surface area contributed by atoms with Gasteiger partial charge in [0.25, 0.3) is 0 Å². The van der Waals surface area contributed by atoms with Crippen LogP contribution in [0.2, 0.25) is 10.0 Å². The van der Waals surface area contributed by atoms with Crippen molar-refractivity contribution in [1.82, 2.24) is 10.2 Å². The summed E-state index contributed by atoms with van der Waals surface area (Å²) in [5.74, 6) is -1.02. The first-order valence-corrected chi connectivity index (χ1v) is 7.17. The minimum absolute atomic E-state index is 0.161. The molecule has 1 heterocycles.